The van der Waals surface area contributed by atoms with Crippen LogP contribution in [0.15, 0.2) is 30.3 Å². The summed E-state index contributed by atoms with van der Waals surface area (Å²) in [4.78, 5) is 11.3. The number of rotatable bonds is 4. The number of ether oxygens (including phenoxy) is 1. The molecule has 2 atom stereocenters. The first kappa shape index (κ1) is 12.0. The molecule has 1 amide bonds. The van der Waals surface area contributed by atoms with E-state index in [0.717, 1.165) is 6.42 Å². The summed E-state index contributed by atoms with van der Waals surface area (Å²) in [6, 6.07) is 10.4. The smallest absolute Gasteiger partial charge is 0.247 e. The highest BCUT2D eigenvalue weighted by molar-refractivity contribution is 5.77. The topological polar surface area (TPSA) is 62.4 Å². The van der Waals surface area contributed by atoms with E-state index < -0.39 is 0 Å². The summed E-state index contributed by atoms with van der Waals surface area (Å²) in [5.41, 5.74) is 7.43. The molecule has 0 aromatic heterocycles. The monoisotopic (exact) mass is 235 g/mol. The number of hydrogen-bond acceptors (Lipinski definition) is 4. The van der Waals surface area contributed by atoms with Crippen LogP contribution in [-0.4, -0.2) is 25.8 Å². The van der Waals surface area contributed by atoms with Crippen molar-refractivity contribution in [2.75, 3.05) is 13.7 Å². The summed E-state index contributed by atoms with van der Waals surface area (Å²) in [7, 11) is 1.51. The van der Waals surface area contributed by atoms with E-state index in [-0.39, 0.29) is 24.7 Å². The molecule has 0 spiro atoms. The van der Waals surface area contributed by atoms with E-state index in [4.69, 9.17) is 4.74 Å². The second-order valence-electron chi connectivity index (χ2n) is 4.04. The summed E-state index contributed by atoms with van der Waals surface area (Å²) in [6.07, 6.45) is 0.766. The Morgan fingerprint density at radius 1 is 1.41 bits per heavy atom. The molecular weight excluding hydrogens is 218 g/mol. The van der Waals surface area contributed by atoms with Crippen molar-refractivity contribution >= 4 is 5.91 Å². The van der Waals surface area contributed by atoms with Gasteiger partial charge in [0.2, 0.25) is 5.91 Å². The lowest BCUT2D eigenvalue weighted by Crippen LogP contribution is -2.45. The Labute approximate surface area is 101 Å². The third-order valence-corrected chi connectivity index (χ3v) is 2.72. The number of amides is 1. The first-order valence-electron chi connectivity index (χ1n) is 5.64. The normalized spacial score (nSPS) is 23.6. The molecule has 5 heteroatoms. The van der Waals surface area contributed by atoms with E-state index in [9.17, 15) is 4.79 Å². The number of nitrogens with one attached hydrogen (secondary N) is 3. The van der Waals surface area contributed by atoms with Crippen LogP contribution in [0.5, 0.6) is 0 Å². The van der Waals surface area contributed by atoms with Crippen LogP contribution in [0.3, 0.4) is 0 Å². The van der Waals surface area contributed by atoms with Gasteiger partial charge in [-0.2, -0.15) is 0 Å². The molecule has 1 saturated heterocycles. The number of carbonyl (C=O) groups is 1. The van der Waals surface area contributed by atoms with Crippen molar-refractivity contribution < 1.29 is 9.53 Å². The van der Waals surface area contributed by atoms with Crippen LogP contribution in [0, 0.1) is 0 Å². The van der Waals surface area contributed by atoms with Gasteiger partial charge < -0.3 is 10.1 Å². The zero-order chi connectivity index (χ0) is 12.1. The van der Waals surface area contributed by atoms with Crippen LogP contribution in [0.25, 0.3) is 0 Å². The first-order valence-corrected chi connectivity index (χ1v) is 5.64. The first-order chi connectivity index (χ1) is 8.29. The number of benzene rings is 1. The maximum absolute atomic E-state index is 11.3. The van der Waals surface area contributed by atoms with E-state index in [2.05, 4.69) is 28.3 Å². The minimum Gasteiger partial charge on any atom is -0.375 e. The summed E-state index contributed by atoms with van der Waals surface area (Å²) < 4.78 is 4.77. The Bertz CT molecular complexity index is 369. The molecule has 1 heterocycles. The number of methoxy groups -OCH3 is 1. The van der Waals surface area contributed by atoms with Crippen molar-refractivity contribution in [2.45, 2.75) is 18.6 Å². The Hall–Kier alpha value is -1.43. The van der Waals surface area contributed by atoms with Crippen molar-refractivity contribution in [3.8, 4) is 0 Å². The van der Waals surface area contributed by atoms with Gasteiger partial charge in [0.25, 0.3) is 0 Å². The molecule has 1 fully saturated rings. The van der Waals surface area contributed by atoms with Crippen LogP contribution >= 0.6 is 0 Å². The molecule has 0 saturated carbocycles. The molecule has 1 aliphatic heterocycles. The number of hydrogen-bond donors (Lipinski definition) is 3. The van der Waals surface area contributed by atoms with Crippen LogP contribution in [0.1, 0.15) is 18.0 Å². The summed E-state index contributed by atoms with van der Waals surface area (Å²) in [6.45, 7) is 0.0915. The average Bonchev–Trinajstić information content (AvgIpc) is 2.79. The molecule has 3 N–H and O–H groups in total. The van der Waals surface area contributed by atoms with Crippen molar-refractivity contribution in [2.24, 2.45) is 0 Å². The molecule has 1 aliphatic rings. The maximum Gasteiger partial charge on any atom is 0.247 e. The van der Waals surface area contributed by atoms with E-state index in [1.54, 1.807) is 0 Å². The van der Waals surface area contributed by atoms with Gasteiger partial charge in [0.15, 0.2) is 0 Å². The second kappa shape index (κ2) is 5.77. The predicted octanol–water partition coefficient (Wildman–Crippen LogP) is 0.314. The Balaban J connectivity index is 1.86. The van der Waals surface area contributed by atoms with Gasteiger partial charge in [-0.25, -0.2) is 10.9 Å². The third-order valence-electron chi connectivity index (χ3n) is 2.72. The number of hydrazine groups is 1. The highest BCUT2D eigenvalue weighted by Crippen LogP contribution is 2.20. The molecule has 5 nitrogen and oxygen atoms in total. The molecule has 0 aliphatic carbocycles. The van der Waals surface area contributed by atoms with Gasteiger partial charge in [0.1, 0.15) is 6.61 Å². The van der Waals surface area contributed by atoms with Crippen molar-refractivity contribution in [3.63, 3.8) is 0 Å². The zero-order valence-electron chi connectivity index (χ0n) is 9.77. The van der Waals surface area contributed by atoms with Gasteiger partial charge in [0, 0.05) is 19.6 Å². The molecule has 0 bridgehead atoms. The minimum absolute atomic E-state index is 0.0529. The van der Waals surface area contributed by atoms with Gasteiger partial charge in [-0.15, -0.1) is 0 Å². The number of carbonyl (C=O) groups excluding carboxylic acids is 1. The second-order valence-corrected chi connectivity index (χ2v) is 4.04. The molecule has 2 unspecified atom stereocenters. The highest BCUT2D eigenvalue weighted by atomic mass is 16.5. The van der Waals surface area contributed by atoms with Crippen LogP contribution in [-0.2, 0) is 9.53 Å². The summed E-state index contributed by atoms with van der Waals surface area (Å²) in [5, 5.41) is 2.84. The van der Waals surface area contributed by atoms with Gasteiger partial charge in [0.05, 0.1) is 6.17 Å². The quantitative estimate of drug-likeness (QED) is 0.703. The van der Waals surface area contributed by atoms with E-state index in [0.29, 0.717) is 0 Å². The Morgan fingerprint density at radius 2 is 2.18 bits per heavy atom. The molecule has 17 heavy (non-hydrogen) atoms. The lowest BCUT2D eigenvalue weighted by atomic mass is 10.0. The maximum atomic E-state index is 11.3. The van der Waals surface area contributed by atoms with Crippen molar-refractivity contribution in [1.82, 2.24) is 16.2 Å². The van der Waals surface area contributed by atoms with Crippen LogP contribution in [0.2, 0.25) is 0 Å². The molecule has 92 valence electrons. The Morgan fingerprint density at radius 3 is 2.88 bits per heavy atom. The standard InChI is InChI=1S/C12H17N3O2/c1-17-8-12(16)13-11-7-10(14-15-11)9-5-3-2-4-6-9/h2-6,10-11,14-15H,7-8H2,1H3,(H,13,16). The van der Waals surface area contributed by atoms with Gasteiger partial charge in [-0.05, 0) is 5.56 Å². The highest BCUT2D eigenvalue weighted by Gasteiger charge is 2.25. The molecule has 2 rings (SSSR count). The summed E-state index contributed by atoms with van der Waals surface area (Å²) >= 11 is 0. The lowest BCUT2D eigenvalue weighted by Gasteiger charge is -2.11. The zero-order valence-corrected chi connectivity index (χ0v) is 9.77. The molecule has 0 radical (unpaired) electrons. The van der Waals surface area contributed by atoms with E-state index in [1.807, 2.05) is 18.2 Å². The average molecular weight is 235 g/mol. The lowest BCUT2D eigenvalue weighted by molar-refractivity contribution is -0.125. The molecular formula is C12H17N3O2. The fourth-order valence-electron chi connectivity index (χ4n) is 1.92. The molecule has 1 aromatic carbocycles. The predicted molar refractivity (Wildman–Crippen MR) is 63.9 cm³/mol. The van der Waals surface area contributed by atoms with Crippen LogP contribution in [0.4, 0.5) is 0 Å². The minimum atomic E-state index is -0.111. The van der Waals surface area contributed by atoms with Gasteiger partial charge in [-0.3, -0.25) is 4.79 Å². The van der Waals surface area contributed by atoms with Crippen LogP contribution < -0.4 is 16.2 Å². The largest absolute Gasteiger partial charge is 0.375 e. The third kappa shape index (κ3) is 3.26. The van der Waals surface area contributed by atoms with Gasteiger partial charge >= 0.3 is 0 Å². The Kier molecular flexibility index (Phi) is 4.08. The van der Waals surface area contributed by atoms with Crippen molar-refractivity contribution in [3.05, 3.63) is 35.9 Å². The molecule has 1 aromatic rings. The summed E-state index contributed by atoms with van der Waals surface area (Å²) in [5.74, 6) is -0.111. The fourth-order valence-corrected chi connectivity index (χ4v) is 1.92. The SMILES string of the molecule is COCC(=O)NC1CC(c2ccccc2)NN1. The fraction of sp³-hybridized carbons (Fsp3) is 0.417. The van der Waals surface area contributed by atoms with Gasteiger partial charge in [-0.1, -0.05) is 30.3 Å². The van der Waals surface area contributed by atoms with E-state index in [1.165, 1.54) is 12.7 Å². The van der Waals surface area contributed by atoms with Crippen molar-refractivity contribution in [1.29, 1.82) is 0 Å². The van der Waals surface area contributed by atoms with E-state index >= 15 is 0 Å².